The highest BCUT2D eigenvalue weighted by molar-refractivity contribution is 6.43. The third kappa shape index (κ3) is 3.78. The summed E-state index contributed by atoms with van der Waals surface area (Å²) in [6.45, 7) is 0. The van der Waals surface area contributed by atoms with Gasteiger partial charge in [-0.15, -0.1) is 0 Å². The Bertz CT molecular complexity index is 720. The van der Waals surface area contributed by atoms with E-state index in [1.165, 1.54) is 13.2 Å². The van der Waals surface area contributed by atoms with Crippen LogP contribution in [0.3, 0.4) is 0 Å². The molecule has 5 nitrogen and oxygen atoms in total. The molecule has 0 atom stereocenters. The van der Waals surface area contributed by atoms with Crippen molar-refractivity contribution < 1.29 is 23.1 Å². The normalized spacial score (nSPS) is 9.95. The number of carbonyl (C=O) groups is 2. The summed E-state index contributed by atoms with van der Waals surface area (Å²) >= 11 is 0. The van der Waals surface area contributed by atoms with Gasteiger partial charge in [0.15, 0.2) is 0 Å². The van der Waals surface area contributed by atoms with Gasteiger partial charge in [0.05, 0.1) is 12.8 Å². The number of methoxy groups -OCH3 is 1. The highest BCUT2D eigenvalue weighted by Crippen LogP contribution is 2.17. The van der Waals surface area contributed by atoms with Crippen molar-refractivity contribution >= 4 is 23.2 Å². The van der Waals surface area contributed by atoms with Crippen LogP contribution in [0, 0.1) is 11.6 Å². The van der Waals surface area contributed by atoms with Crippen molar-refractivity contribution in [1.82, 2.24) is 0 Å². The molecule has 0 unspecified atom stereocenters. The summed E-state index contributed by atoms with van der Waals surface area (Å²) in [6, 6.07) is 8.99. The molecule has 2 aromatic carbocycles. The molecule has 0 spiro atoms. The van der Waals surface area contributed by atoms with Gasteiger partial charge in [0.25, 0.3) is 0 Å². The van der Waals surface area contributed by atoms with E-state index in [0.29, 0.717) is 17.5 Å². The standard InChI is InChI=1S/C15H12F2N2O3/c1-22-11-4-2-3-10(8-11)18-14(20)15(21)19-13-6-5-9(16)7-12(13)17/h2-8H,1H3,(H,18,20)(H,19,21). The molecule has 2 amide bonds. The van der Waals surface area contributed by atoms with E-state index in [4.69, 9.17) is 4.74 Å². The van der Waals surface area contributed by atoms with Crippen molar-refractivity contribution in [3.05, 3.63) is 54.1 Å². The van der Waals surface area contributed by atoms with E-state index in [-0.39, 0.29) is 5.69 Å². The van der Waals surface area contributed by atoms with Crippen LogP contribution in [-0.2, 0) is 9.59 Å². The SMILES string of the molecule is COc1cccc(NC(=O)C(=O)Nc2ccc(F)cc2F)c1. The van der Waals surface area contributed by atoms with Crippen LogP contribution in [0.15, 0.2) is 42.5 Å². The van der Waals surface area contributed by atoms with E-state index in [2.05, 4.69) is 10.6 Å². The van der Waals surface area contributed by atoms with E-state index in [0.717, 1.165) is 12.1 Å². The van der Waals surface area contributed by atoms with E-state index in [9.17, 15) is 18.4 Å². The maximum Gasteiger partial charge on any atom is 0.314 e. The van der Waals surface area contributed by atoms with Crippen LogP contribution in [0.25, 0.3) is 0 Å². The molecule has 0 aromatic heterocycles. The van der Waals surface area contributed by atoms with Crippen LogP contribution in [0.1, 0.15) is 0 Å². The molecule has 22 heavy (non-hydrogen) atoms. The molecular formula is C15H12F2N2O3. The lowest BCUT2D eigenvalue weighted by atomic mass is 10.3. The monoisotopic (exact) mass is 306 g/mol. The first-order valence-corrected chi connectivity index (χ1v) is 6.21. The second-order valence-electron chi connectivity index (χ2n) is 4.26. The molecule has 7 heteroatoms. The zero-order valence-electron chi connectivity index (χ0n) is 11.5. The zero-order valence-corrected chi connectivity index (χ0v) is 11.5. The molecule has 0 saturated heterocycles. The highest BCUT2D eigenvalue weighted by atomic mass is 19.1. The van der Waals surface area contributed by atoms with Gasteiger partial charge in [0.2, 0.25) is 0 Å². The quantitative estimate of drug-likeness (QED) is 0.856. The fraction of sp³-hybridized carbons (Fsp3) is 0.0667. The van der Waals surface area contributed by atoms with E-state index < -0.39 is 23.4 Å². The molecule has 2 N–H and O–H groups in total. The molecule has 0 radical (unpaired) electrons. The molecule has 0 saturated carbocycles. The topological polar surface area (TPSA) is 67.4 Å². The van der Waals surface area contributed by atoms with Crippen LogP contribution in [0.4, 0.5) is 20.2 Å². The predicted octanol–water partition coefficient (Wildman–Crippen LogP) is 2.55. The van der Waals surface area contributed by atoms with Gasteiger partial charge in [-0.3, -0.25) is 9.59 Å². The van der Waals surface area contributed by atoms with Crippen LogP contribution in [0.5, 0.6) is 5.75 Å². The Labute approximate surface area is 124 Å². The number of nitrogens with one attached hydrogen (secondary N) is 2. The Morgan fingerprint density at radius 3 is 2.41 bits per heavy atom. The first-order valence-electron chi connectivity index (χ1n) is 6.21. The second-order valence-corrected chi connectivity index (χ2v) is 4.26. The first-order chi connectivity index (χ1) is 10.5. The van der Waals surface area contributed by atoms with Gasteiger partial charge in [-0.05, 0) is 24.3 Å². The van der Waals surface area contributed by atoms with Crippen LogP contribution < -0.4 is 15.4 Å². The van der Waals surface area contributed by atoms with Crippen molar-refractivity contribution in [1.29, 1.82) is 0 Å². The molecule has 0 aliphatic heterocycles. The smallest absolute Gasteiger partial charge is 0.314 e. The minimum absolute atomic E-state index is 0.285. The Morgan fingerprint density at radius 2 is 1.73 bits per heavy atom. The van der Waals surface area contributed by atoms with Gasteiger partial charge in [-0.2, -0.15) is 0 Å². The van der Waals surface area contributed by atoms with Crippen molar-refractivity contribution in [2.24, 2.45) is 0 Å². The number of amides is 2. The Morgan fingerprint density at radius 1 is 1.00 bits per heavy atom. The molecule has 2 rings (SSSR count). The summed E-state index contributed by atoms with van der Waals surface area (Å²) in [4.78, 5) is 23.4. The summed E-state index contributed by atoms with van der Waals surface area (Å²) in [5, 5.41) is 4.40. The van der Waals surface area contributed by atoms with Gasteiger partial charge < -0.3 is 15.4 Å². The summed E-state index contributed by atoms with van der Waals surface area (Å²) < 4.78 is 31.1. The molecular weight excluding hydrogens is 294 g/mol. The average Bonchev–Trinajstić information content (AvgIpc) is 2.50. The van der Waals surface area contributed by atoms with Crippen molar-refractivity contribution in [3.8, 4) is 5.75 Å². The third-order valence-electron chi connectivity index (χ3n) is 2.71. The number of hydrogen-bond donors (Lipinski definition) is 2. The van der Waals surface area contributed by atoms with Crippen LogP contribution in [0.2, 0.25) is 0 Å². The second kappa shape index (κ2) is 6.66. The summed E-state index contributed by atoms with van der Waals surface area (Å²) in [6.07, 6.45) is 0. The maximum atomic E-state index is 13.4. The molecule has 2 aromatic rings. The van der Waals surface area contributed by atoms with E-state index in [1.807, 2.05) is 0 Å². The van der Waals surface area contributed by atoms with Crippen LogP contribution >= 0.6 is 0 Å². The Kier molecular flexibility index (Phi) is 4.67. The van der Waals surface area contributed by atoms with Crippen LogP contribution in [-0.4, -0.2) is 18.9 Å². The van der Waals surface area contributed by atoms with Crippen molar-refractivity contribution in [3.63, 3.8) is 0 Å². The number of carbonyl (C=O) groups excluding carboxylic acids is 2. The van der Waals surface area contributed by atoms with Gasteiger partial charge in [0, 0.05) is 17.8 Å². The van der Waals surface area contributed by atoms with E-state index in [1.54, 1.807) is 18.2 Å². The zero-order chi connectivity index (χ0) is 16.1. The number of halogens is 2. The van der Waals surface area contributed by atoms with Gasteiger partial charge in [0.1, 0.15) is 17.4 Å². The van der Waals surface area contributed by atoms with Crippen molar-refractivity contribution in [2.45, 2.75) is 0 Å². The molecule has 0 bridgehead atoms. The Hall–Kier alpha value is -2.96. The summed E-state index contributed by atoms with van der Waals surface area (Å²) in [5.74, 6) is -3.31. The number of rotatable bonds is 3. The fourth-order valence-corrected chi connectivity index (χ4v) is 1.66. The van der Waals surface area contributed by atoms with E-state index >= 15 is 0 Å². The summed E-state index contributed by atoms with van der Waals surface area (Å²) in [5.41, 5.74) is 0.0614. The minimum atomic E-state index is -1.08. The Balaban J connectivity index is 2.04. The third-order valence-corrected chi connectivity index (χ3v) is 2.71. The molecule has 0 aliphatic rings. The summed E-state index contributed by atoms with van der Waals surface area (Å²) in [7, 11) is 1.46. The fourth-order valence-electron chi connectivity index (χ4n) is 1.66. The number of anilines is 2. The lowest BCUT2D eigenvalue weighted by molar-refractivity contribution is -0.133. The van der Waals surface area contributed by atoms with Gasteiger partial charge in [-0.1, -0.05) is 6.07 Å². The number of benzene rings is 2. The maximum absolute atomic E-state index is 13.4. The van der Waals surface area contributed by atoms with Crippen molar-refractivity contribution in [2.75, 3.05) is 17.7 Å². The minimum Gasteiger partial charge on any atom is -0.497 e. The first kappa shape index (κ1) is 15.4. The largest absolute Gasteiger partial charge is 0.497 e. The lowest BCUT2D eigenvalue weighted by Crippen LogP contribution is -2.29. The number of hydrogen-bond acceptors (Lipinski definition) is 3. The number of ether oxygens (including phenoxy) is 1. The molecule has 0 aliphatic carbocycles. The van der Waals surface area contributed by atoms with Gasteiger partial charge in [-0.25, -0.2) is 8.78 Å². The molecule has 0 heterocycles. The average molecular weight is 306 g/mol. The predicted molar refractivity (Wildman–Crippen MR) is 76.6 cm³/mol. The molecule has 114 valence electrons. The lowest BCUT2D eigenvalue weighted by Gasteiger charge is -2.08. The molecule has 0 fully saturated rings. The highest BCUT2D eigenvalue weighted by Gasteiger charge is 2.16. The van der Waals surface area contributed by atoms with Gasteiger partial charge >= 0.3 is 11.8 Å².